The summed E-state index contributed by atoms with van der Waals surface area (Å²) >= 11 is 3.31. The summed E-state index contributed by atoms with van der Waals surface area (Å²) in [7, 11) is 1.31. The van der Waals surface area contributed by atoms with Gasteiger partial charge in [0.05, 0.1) is 17.1 Å². The molecule has 7 nitrogen and oxygen atoms in total. The Balaban J connectivity index is 1.54. The zero-order chi connectivity index (χ0) is 20.1. The van der Waals surface area contributed by atoms with E-state index in [1.54, 1.807) is 35.2 Å². The van der Waals surface area contributed by atoms with Crippen LogP contribution in [-0.4, -0.2) is 38.0 Å². The van der Waals surface area contributed by atoms with Gasteiger partial charge in [0.1, 0.15) is 5.75 Å². The predicted octanol–water partition coefficient (Wildman–Crippen LogP) is 3.38. The van der Waals surface area contributed by atoms with Gasteiger partial charge in [0.15, 0.2) is 6.61 Å². The second-order valence-corrected chi connectivity index (χ2v) is 7.02. The maximum Gasteiger partial charge on any atom is 0.337 e. The molecule has 146 valence electrons. The lowest BCUT2D eigenvalue weighted by atomic mass is 10.2. The molecule has 0 spiro atoms. The minimum absolute atomic E-state index is 0.119. The quantitative estimate of drug-likeness (QED) is 0.687. The second-order valence-electron chi connectivity index (χ2n) is 6.17. The van der Waals surface area contributed by atoms with Gasteiger partial charge >= 0.3 is 5.97 Å². The summed E-state index contributed by atoms with van der Waals surface area (Å²) in [5.41, 5.74) is 1.82. The smallest absolute Gasteiger partial charge is 0.337 e. The molecule has 1 saturated heterocycles. The summed E-state index contributed by atoms with van der Waals surface area (Å²) in [6.45, 7) is 0.532. The van der Waals surface area contributed by atoms with Crippen LogP contribution >= 0.6 is 15.9 Å². The highest BCUT2D eigenvalue weighted by Crippen LogP contribution is 2.26. The van der Waals surface area contributed by atoms with Crippen molar-refractivity contribution >= 4 is 45.1 Å². The van der Waals surface area contributed by atoms with E-state index in [-0.39, 0.29) is 18.4 Å². The normalized spacial score (nSPS) is 13.4. The lowest BCUT2D eigenvalue weighted by Crippen LogP contribution is -2.23. The first kappa shape index (κ1) is 19.9. The molecule has 0 saturated carbocycles. The molecule has 1 aliphatic rings. The molecule has 0 radical (unpaired) electrons. The van der Waals surface area contributed by atoms with Crippen molar-refractivity contribution in [3.05, 3.63) is 52.5 Å². The summed E-state index contributed by atoms with van der Waals surface area (Å²) in [5, 5.41) is 2.74. The predicted molar refractivity (Wildman–Crippen MR) is 108 cm³/mol. The minimum atomic E-state index is -0.455. The molecule has 2 aromatic rings. The van der Waals surface area contributed by atoms with Gasteiger partial charge in [0.2, 0.25) is 5.91 Å². The van der Waals surface area contributed by atoms with E-state index in [0.717, 1.165) is 18.7 Å². The molecule has 28 heavy (non-hydrogen) atoms. The van der Waals surface area contributed by atoms with Gasteiger partial charge in [0, 0.05) is 24.3 Å². The van der Waals surface area contributed by atoms with Gasteiger partial charge < -0.3 is 19.7 Å². The molecule has 1 heterocycles. The number of carbonyl (C=O) groups excluding carboxylic acids is 3. The van der Waals surface area contributed by atoms with Crippen molar-refractivity contribution in [1.29, 1.82) is 0 Å². The fourth-order valence-corrected chi connectivity index (χ4v) is 3.34. The van der Waals surface area contributed by atoms with Crippen LogP contribution in [0.1, 0.15) is 23.2 Å². The molecule has 1 aliphatic heterocycles. The fourth-order valence-electron chi connectivity index (χ4n) is 2.85. The Morgan fingerprint density at radius 3 is 2.54 bits per heavy atom. The van der Waals surface area contributed by atoms with Gasteiger partial charge in [-0.05, 0) is 64.8 Å². The maximum absolute atomic E-state index is 12.1. The van der Waals surface area contributed by atoms with Crippen molar-refractivity contribution in [2.45, 2.75) is 12.8 Å². The molecule has 0 bridgehead atoms. The van der Waals surface area contributed by atoms with Crippen LogP contribution in [0.2, 0.25) is 0 Å². The molecular formula is C20H19BrN2O5. The third-order valence-corrected chi connectivity index (χ3v) is 4.87. The zero-order valence-corrected chi connectivity index (χ0v) is 16.8. The first-order chi connectivity index (χ1) is 13.5. The Labute approximate surface area is 170 Å². The second kappa shape index (κ2) is 8.88. The third-order valence-electron chi connectivity index (χ3n) is 4.25. The number of nitrogens with one attached hydrogen (secondary N) is 1. The standard InChI is InChI=1S/C20H19BrN2O5/c1-27-20(26)13-4-9-17(16(21)11-13)28-12-18(24)22-14-5-7-15(8-6-14)23-10-2-3-19(23)25/h4-9,11H,2-3,10,12H2,1H3,(H,22,24). The largest absolute Gasteiger partial charge is 0.483 e. The number of nitrogens with zero attached hydrogens (tertiary/aromatic N) is 1. The van der Waals surface area contributed by atoms with Gasteiger partial charge in [-0.1, -0.05) is 0 Å². The molecular weight excluding hydrogens is 428 g/mol. The zero-order valence-electron chi connectivity index (χ0n) is 15.2. The molecule has 1 N–H and O–H groups in total. The van der Waals surface area contributed by atoms with Crippen LogP contribution in [0.25, 0.3) is 0 Å². The van der Waals surface area contributed by atoms with E-state index in [2.05, 4.69) is 26.0 Å². The van der Waals surface area contributed by atoms with Crippen molar-refractivity contribution in [2.75, 3.05) is 30.5 Å². The Morgan fingerprint density at radius 1 is 1.18 bits per heavy atom. The van der Waals surface area contributed by atoms with E-state index >= 15 is 0 Å². The van der Waals surface area contributed by atoms with Gasteiger partial charge in [-0.25, -0.2) is 4.79 Å². The molecule has 2 aromatic carbocycles. The van der Waals surface area contributed by atoms with E-state index in [1.165, 1.54) is 7.11 Å². The average molecular weight is 447 g/mol. The summed E-state index contributed by atoms with van der Waals surface area (Å²) in [6, 6.07) is 11.8. The SMILES string of the molecule is COC(=O)c1ccc(OCC(=O)Nc2ccc(N3CCCC3=O)cc2)c(Br)c1. The first-order valence-corrected chi connectivity index (χ1v) is 9.48. The monoisotopic (exact) mass is 446 g/mol. The van der Waals surface area contributed by atoms with Gasteiger partial charge in [-0.2, -0.15) is 0 Å². The van der Waals surface area contributed by atoms with E-state index in [0.29, 0.717) is 27.9 Å². The third kappa shape index (κ3) is 4.69. The Hall–Kier alpha value is -2.87. The molecule has 8 heteroatoms. The molecule has 2 amide bonds. The summed E-state index contributed by atoms with van der Waals surface area (Å²) in [6.07, 6.45) is 1.44. The number of amides is 2. The highest BCUT2D eigenvalue weighted by atomic mass is 79.9. The van der Waals surface area contributed by atoms with Crippen molar-refractivity contribution in [3.63, 3.8) is 0 Å². The average Bonchev–Trinajstić information content (AvgIpc) is 3.13. The molecule has 0 atom stereocenters. The number of hydrogen-bond acceptors (Lipinski definition) is 5. The van der Waals surface area contributed by atoms with Crippen molar-refractivity contribution in [3.8, 4) is 5.75 Å². The first-order valence-electron chi connectivity index (χ1n) is 8.69. The van der Waals surface area contributed by atoms with E-state index < -0.39 is 5.97 Å². The molecule has 3 rings (SSSR count). The number of benzene rings is 2. The van der Waals surface area contributed by atoms with Crippen LogP contribution < -0.4 is 15.0 Å². The summed E-state index contributed by atoms with van der Waals surface area (Å²) < 4.78 is 10.7. The van der Waals surface area contributed by atoms with Crippen LogP contribution in [0.15, 0.2) is 46.9 Å². The topological polar surface area (TPSA) is 84.9 Å². The number of halogens is 1. The number of carbonyl (C=O) groups is 3. The number of rotatable bonds is 6. The number of ether oxygens (including phenoxy) is 2. The highest BCUT2D eigenvalue weighted by Gasteiger charge is 2.21. The van der Waals surface area contributed by atoms with Crippen LogP contribution in [0, 0.1) is 0 Å². The van der Waals surface area contributed by atoms with Gasteiger partial charge in [-0.15, -0.1) is 0 Å². The number of methoxy groups -OCH3 is 1. The van der Waals surface area contributed by atoms with Crippen molar-refractivity contribution in [1.82, 2.24) is 0 Å². The van der Waals surface area contributed by atoms with Crippen LogP contribution in [0.4, 0.5) is 11.4 Å². The number of hydrogen-bond donors (Lipinski definition) is 1. The number of esters is 1. The minimum Gasteiger partial charge on any atom is -0.483 e. The Kier molecular flexibility index (Phi) is 6.30. The lowest BCUT2D eigenvalue weighted by Gasteiger charge is -2.16. The molecule has 0 aromatic heterocycles. The lowest BCUT2D eigenvalue weighted by molar-refractivity contribution is -0.118. The van der Waals surface area contributed by atoms with Crippen LogP contribution in [0.5, 0.6) is 5.75 Å². The van der Waals surface area contributed by atoms with Crippen molar-refractivity contribution in [2.24, 2.45) is 0 Å². The van der Waals surface area contributed by atoms with Crippen molar-refractivity contribution < 1.29 is 23.9 Å². The fraction of sp³-hybridized carbons (Fsp3) is 0.250. The maximum atomic E-state index is 12.1. The van der Waals surface area contributed by atoms with E-state index in [9.17, 15) is 14.4 Å². The van der Waals surface area contributed by atoms with Gasteiger partial charge in [0.25, 0.3) is 5.91 Å². The summed E-state index contributed by atoms with van der Waals surface area (Å²) in [5.74, 6) is -0.224. The Morgan fingerprint density at radius 2 is 1.93 bits per heavy atom. The van der Waals surface area contributed by atoms with E-state index in [4.69, 9.17) is 4.74 Å². The van der Waals surface area contributed by atoms with E-state index in [1.807, 2.05) is 12.1 Å². The Bertz CT molecular complexity index is 898. The van der Waals surface area contributed by atoms with Crippen LogP contribution in [-0.2, 0) is 14.3 Å². The molecule has 1 fully saturated rings. The summed E-state index contributed by atoms with van der Waals surface area (Å²) in [4.78, 5) is 37.1. The van der Waals surface area contributed by atoms with Gasteiger partial charge in [-0.3, -0.25) is 9.59 Å². The highest BCUT2D eigenvalue weighted by molar-refractivity contribution is 9.10. The molecule has 0 aliphatic carbocycles. The van der Waals surface area contributed by atoms with Crippen LogP contribution in [0.3, 0.4) is 0 Å². The molecule has 0 unspecified atom stereocenters. The number of anilines is 2.